The van der Waals surface area contributed by atoms with E-state index in [4.69, 9.17) is 0 Å². The largest absolute Gasteiger partial charge is 0.352 e. The summed E-state index contributed by atoms with van der Waals surface area (Å²) in [5, 5.41) is 8.64. The molecule has 4 heterocycles. The average Bonchev–Trinajstić information content (AvgIpc) is 3.33. The van der Waals surface area contributed by atoms with E-state index >= 15 is 0 Å². The van der Waals surface area contributed by atoms with Crippen molar-refractivity contribution in [1.29, 1.82) is 0 Å². The van der Waals surface area contributed by atoms with Crippen molar-refractivity contribution in [2.45, 2.75) is 11.9 Å². The molecular weight excluding hydrogens is 366 g/mol. The molecule has 142 valence electrons. The number of hydrogen-bond acceptors (Lipinski definition) is 6. The first-order valence-corrected chi connectivity index (χ1v) is 10.1. The number of imidazole rings is 1. The first kappa shape index (κ1) is 17.7. The first-order valence-electron chi connectivity index (χ1n) is 8.67. The summed E-state index contributed by atoms with van der Waals surface area (Å²) in [4.78, 5) is 6.21. The molecule has 1 saturated heterocycles. The normalized spacial score (nSPS) is 16.0. The zero-order chi connectivity index (χ0) is 19.0. The van der Waals surface area contributed by atoms with Gasteiger partial charge in [0.15, 0.2) is 16.7 Å². The van der Waals surface area contributed by atoms with Crippen molar-refractivity contribution < 1.29 is 8.42 Å². The van der Waals surface area contributed by atoms with Crippen molar-refractivity contribution in [3.05, 3.63) is 48.7 Å². The number of anilines is 1. The maximum absolute atomic E-state index is 12.8. The van der Waals surface area contributed by atoms with Crippen LogP contribution in [0.25, 0.3) is 5.82 Å². The van der Waals surface area contributed by atoms with Gasteiger partial charge in [0, 0.05) is 51.8 Å². The van der Waals surface area contributed by atoms with Crippen LogP contribution >= 0.6 is 0 Å². The smallest absolute Gasteiger partial charge is 0.262 e. The second-order valence-electron chi connectivity index (χ2n) is 6.47. The van der Waals surface area contributed by atoms with Crippen LogP contribution in [0.2, 0.25) is 0 Å². The highest BCUT2D eigenvalue weighted by Gasteiger charge is 2.31. The Balaban J connectivity index is 1.44. The van der Waals surface area contributed by atoms with E-state index in [0.717, 1.165) is 11.6 Å². The van der Waals surface area contributed by atoms with Crippen LogP contribution < -0.4 is 4.90 Å². The van der Waals surface area contributed by atoms with Gasteiger partial charge in [0.25, 0.3) is 10.0 Å². The summed E-state index contributed by atoms with van der Waals surface area (Å²) in [6.07, 6.45) is 5.38. The number of aryl methyl sites for hydroxylation is 2. The second-order valence-corrected chi connectivity index (χ2v) is 8.35. The van der Waals surface area contributed by atoms with Crippen molar-refractivity contribution >= 4 is 15.8 Å². The van der Waals surface area contributed by atoms with Crippen molar-refractivity contribution in [2.75, 3.05) is 31.1 Å². The van der Waals surface area contributed by atoms with E-state index < -0.39 is 10.0 Å². The molecule has 0 amide bonds. The van der Waals surface area contributed by atoms with Gasteiger partial charge in [-0.05, 0) is 31.2 Å². The molecule has 1 fully saturated rings. The Morgan fingerprint density at radius 3 is 2.15 bits per heavy atom. The van der Waals surface area contributed by atoms with Crippen LogP contribution in [0.1, 0.15) is 5.82 Å². The van der Waals surface area contributed by atoms with Crippen LogP contribution in [-0.4, -0.2) is 63.2 Å². The van der Waals surface area contributed by atoms with Gasteiger partial charge >= 0.3 is 0 Å². The van der Waals surface area contributed by atoms with Gasteiger partial charge in [-0.1, -0.05) is 0 Å². The third-order valence-electron chi connectivity index (χ3n) is 4.76. The molecule has 1 aliphatic rings. The maximum atomic E-state index is 12.8. The number of aromatic nitrogens is 5. The van der Waals surface area contributed by atoms with E-state index in [1.54, 1.807) is 24.7 Å². The Labute approximate surface area is 157 Å². The van der Waals surface area contributed by atoms with Gasteiger partial charge in [0.2, 0.25) is 0 Å². The van der Waals surface area contributed by atoms with Crippen LogP contribution in [0.3, 0.4) is 0 Å². The van der Waals surface area contributed by atoms with Gasteiger partial charge in [-0.25, -0.2) is 13.4 Å². The highest BCUT2D eigenvalue weighted by Crippen LogP contribution is 2.19. The van der Waals surface area contributed by atoms with Gasteiger partial charge in [-0.2, -0.15) is 4.31 Å². The van der Waals surface area contributed by atoms with E-state index in [1.165, 1.54) is 4.31 Å². The molecule has 4 rings (SSSR count). The van der Waals surface area contributed by atoms with Gasteiger partial charge < -0.3 is 14.0 Å². The predicted molar refractivity (Wildman–Crippen MR) is 100 cm³/mol. The molecule has 3 aromatic rings. The summed E-state index contributed by atoms with van der Waals surface area (Å²) in [6.45, 7) is 3.68. The van der Waals surface area contributed by atoms with Crippen LogP contribution in [0.15, 0.2) is 47.9 Å². The van der Waals surface area contributed by atoms with E-state index in [0.29, 0.717) is 32.0 Å². The Bertz CT molecular complexity index is 998. The summed E-state index contributed by atoms with van der Waals surface area (Å²) in [6, 6.07) is 7.67. The molecule has 0 unspecified atom stereocenters. The van der Waals surface area contributed by atoms with Gasteiger partial charge in [-0.15, -0.1) is 10.2 Å². The van der Waals surface area contributed by atoms with Gasteiger partial charge in [-0.3, -0.25) is 0 Å². The molecule has 9 nitrogen and oxygen atoms in total. The summed E-state index contributed by atoms with van der Waals surface area (Å²) < 4.78 is 30.6. The van der Waals surface area contributed by atoms with Crippen molar-refractivity contribution in [1.82, 2.24) is 28.6 Å². The Morgan fingerprint density at radius 1 is 0.963 bits per heavy atom. The molecule has 0 spiro atoms. The van der Waals surface area contributed by atoms with E-state index in [2.05, 4.69) is 15.2 Å². The summed E-state index contributed by atoms with van der Waals surface area (Å²) >= 11 is 0. The SMILES string of the molecule is Cc1nc(S(=O)(=O)N2CCN(c3ccc(-n4cccc4)nn3)CC2)cn1C. The predicted octanol–water partition coefficient (Wildman–Crippen LogP) is 0.820. The topological polar surface area (TPSA) is 89.2 Å². The minimum Gasteiger partial charge on any atom is -0.352 e. The molecule has 0 bridgehead atoms. The zero-order valence-electron chi connectivity index (χ0n) is 15.2. The molecular formula is C17H21N7O2S. The molecule has 0 radical (unpaired) electrons. The van der Waals surface area contributed by atoms with Crippen LogP contribution in [0.5, 0.6) is 0 Å². The van der Waals surface area contributed by atoms with Crippen LogP contribution in [0, 0.1) is 6.92 Å². The van der Waals surface area contributed by atoms with Gasteiger partial charge in [0.05, 0.1) is 0 Å². The minimum atomic E-state index is -3.57. The molecule has 0 aliphatic carbocycles. The molecule has 0 aromatic carbocycles. The van der Waals surface area contributed by atoms with Crippen molar-refractivity contribution in [2.24, 2.45) is 7.05 Å². The van der Waals surface area contributed by atoms with Crippen molar-refractivity contribution in [3.63, 3.8) is 0 Å². The lowest BCUT2D eigenvalue weighted by Crippen LogP contribution is -2.49. The Morgan fingerprint density at radius 2 is 1.59 bits per heavy atom. The molecule has 0 atom stereocenters. The quantitative estimate of drug-likeness (QED) is 0.659. The molecule has 1 aliphatic heterocycles. The van der Waals surface area contributed by atoms with E-state index in [9.17, 15) is 8.42 Å². The number of nitrogens with zero attached hydrogens (tertiary/aromatic N) is 7. The number of sulfonamides is 1. The fraction of sp³-hybridized carbons (Fsp3) is 0.353. The lowest BCUT2D eigenvalue weighted by Gasteiger charge is -2.33. The summed E-state index contributed by atoms with van der Waals surface area (Å²) in [7, 11) is -1.78. The third-order valence-corrected chi connectivity index (χ3v) is 6.53. The zero-order valence-corrected chi connectivity index (χ0v) is 16.0. The molecule has 3 aromatic heterocycles. The molecule has 10 heteroatoms. The molecule has 0 N–H and O–H groups in total. The van der Waals surface area contributed by atoms with Crippen molar-refractivity contribution in [3.8, 4) is 5.82 Å². The third kappa shape index (κ3) is 3.33. The van der Waals surface area contributed by atoms with E-state index in [1.807, 2.05) is 46.1 Å². The standard InChI is InChI=1S/C17H21N7O2S/c1-14-18-17(13-21(14)2)27(25,26)24-11-9-23(10-12-24)16-6-5-15(19-20-16)22-7-3-4-8-22/h3-8,13H,9-12H2,1-2H3. The second kappa shape index (κ2) is 6.78. The number of rotatable bonds is 4. The Hall–Kier alpha value is -2.72. The highest BCUT2D eigenvalue weighted by atomic mass is 32.2. The molecule has 27 heavy (non-hydrogen) atoms. The lowest BCUT2D eigenvalue weighted by atomic mass is 10.3. The lowest BCUT2D eigenvalue weighted by molar-refractivity contribution is 0.382. The fourth-order valence-electron chi connectivity index (χ4n) is 3.05. The maximum Gasteiger partial charge on any atom is 0.262 e. The molecule has 0 saturated carbocycles. The monoisotopic (exact) mass is 387 g/mol. The first-order chi connectivity index (χ1) is 12.9. The average molecular weight is 387 g/mol. The van der Waals surface area contributed by atoms with Crippen LogP contribution in [0.4, 0.5) is 5.82 Å². The van der Waals surface area contributed by atoms with Gasteiger partial charge in [0.1, 0.15) is 5.82 Å². The number of piperazine rings is 1. The number of hydrogen-bond donors (Lipinski definition) is 0. The highest BCUT2D eigenvalue weighted by molar-refractivity contribution is 7.89. The Kier molecular flexibility index (Phi) is 4.44. The summed E-state index contributed by atoms with van der Waals surface area (Å²) in [5.41, 5.74) is 0. The summed E-state index contributed by atoms with van der Waals surface area (Å²) in [5.74, 6) is 2.16. The minimum absolute atomic E-state index is 0.104. The van der Waals surface area contributed by atoms with E-state index in [-0.39, 0.29) is 5.03 Å². The van der Waals surface area contributed by atoms with Crippen LogP contribution in [-0.2, 0) is 17.1 Å². The fourth-order valence-corrected chi connectivity index (χ4v) is 4.50.